The molecule has 0 saturated carbocycles. The predicted molar refractivity (Wildman–Crippen MR) is 77.8 cm³/mol. The minimum absolute atomic E-state index is 0.0691. The summed E-state index contributed by atoms with van der Waals surface area (Å²) >= 11 is -1.08. The Morgan fingerprint density at radius 1 is 1.24 bits per heavy atom. The summed E-state index contributed by atoms with van der Waals surface area (Å²) < 4.78 is 50.8. The number of hydrogen-bond donors (Lipinski definition) is 2. The summed E-state index contributed by atoms with van der Waals surface area (Å²) in [4.78, 5) is 0. The molecule has 4 rings (SSSR count). The van der Waals surface area contributed by atoms with E-state index in [9.17, 15) is 8.42 Å². The summed E-state index contributed by atoms with van der Waals surface area (Å²) in [5.41, 5.74) is 8.41. The standard InChI is InChI=1S/C12H11NO4S.HO2S/c13-9-1-2-10-7(4-9)3-8-5-11(10)12(8)6-17-18(14,15)16;1-3-2/h1-5,12H,6,13H2,(H,14,15,16);3H/q;-1. The van der Waals surface area contributed by atoms with Gasteiger partial charge >= 0.3 is 10.4 Å². The molecule has 2 aliphatic rings. The molecule has 3 N–H and O–H groups in total. The lowest BCUT2D eigenvalue weighted by Gasteiger charge is -2.29. The summed E-state index contributed by atoms with van der Waals surface area (Å²) in [5.74, 6) is -0.0944. The van der Waals surface area contributed by atoms with Gasteiger partial charge in [0.05, 0.1) is 6.61 Å². The Balaban J connectivity index is 0.000000497. The molecule has 0 fully saturated rings. The van der Waals surface area contributed by atoms with Crippen LogP contribution in [0.25, 0.3) is 10.8 Å². The predicted octanol–water partition coefficient (Wildman–Crippen LogP) is 1.18. The fourth-order valence-electron chi connectivity index (χ4n) is 2.35. The zero-order valence-electron chi connectivity index (χ0n) is 10.6. The maximum Gasteiger partial charge on any atom is 0.397 e. The molecule has 0 amide bonds. The first-order chi connectivity index (χ1) is 9.85. The third kappa shape index (κ3) is 3.50. The van der Waals surface area contributed by atoms with E-state index in [1.54, 1.807) is 6.07 Å². The van der Waals surface area contributed by atoms with E-state index in [1.807, 2.05) is 24.3 Å². The highest BCUT2D eigenvalue weighted by Gasteiger charge is 2.28. The van der Waals surface area contributed by atoms with Crippen molar-refractivity contribution in [3.05, 3.63) is 41.5 Å². The highest BCUT2D eigenvalue weighted by Crippen LogP contribution is 2.42. The van der Waals surface area contributed by atoms with Gasteiger partial charge < -0.3 is 14.2 Å². The van der Waals surface area contributed by atoms with Crippen LogP contribution in [0.3, 0.4) is 0 Å². The minimum atomic E-state index is -4.38. The highest BCUT2D eigenvalue weighted by atomic mass is 32.3. The van der Waals surface area contributed by atoms with Crippen molar-refractivity contribution in [3.63, 3.8) is 0 Å². The van der Waals surface area contributed by atoms with E-state index in [4.69, 9.17) is 18.7 Å². The molecule has 0 aromatic heterocycles. The zero-order chi connectivity index (χ0) is 15.6. The van der Waals surface area contributed by atoms with E-state index in [2.05, 4.69) is 4.18 Å². The molecule has 9 heteroatoms. The molecule has 0 radical (unpaired) electrons. The van der Waals surface area contributed by atoms with Gasteiger partial charge in [0.1, 0.15) is 0 Å². The Kier molecular flexibility index (Phi) is 4.47. The summed E-state index contributed by atoms with van der Waals surface area (Å²) in [5, 5.41) is 2.06. The van der Waals surface area contributed by atoms with Crippen molar-refractivity contribution in [2.45, 2.75) is 5.92 Å². The first-order valence-electron chi connectivity index (χ1n) is 5.75. The summed E-state index contributed by atoms with van der Waals surface area (Å²) in [6.45, 7) is -0.0691. The van der Waals surface area contributed by atoms with Crippen molar-refractivity contribution >= 4 is 38.4 Å². The Hall–Kier alpha value is -1.68. The van der Waals surface area contributed by atoms with Gasteiger partial charge in [-0.3, -0.25) is 4.55 Å². The van der Waals surface area contributed by atoms with E-state index < -0.39 is 22.0 Å². The average Bonchev–Trinajstić information content (AvgIpc) is 2.36. The topological polar surface area (TPSA) is 124 Å². The van der Waals surface area contributed by atoms with Crippen LogP contribution in [0.5, 0.6) is 0 Å². The van der Waals surface area contributed by atoms with Crippen LogP contribution < -0.4 is 5.73 Å². The largest absolute Gasteiger partial charge is 0.427 e. The number of nitrogens with two attached hydrogens (primary N) is 1. The number of rotatable bonds is 3. The summed E-state index contributed by atoms with van der Waals surface area (Å²) in [6, 6.07) is 9.52. The van der Waals surface area contributed by atoms with Crippen LogP contribution >= 0.6 is 0 Å². The quantitative estimate of drug-likeness (QED) is 0.375. The molecule has 0 heterocycles. The van der Waals surface area contributed by atoms with Gasteiger partial charge in [0, 0.05) is 11.6 Å². The van der Waals surface area contributed by atoms with Gasteiger partial charge in [0.25, 0.3) is 0 Å². The molecule has 0 aliphatic heterocycles. The van der Waals surface area contributed by atoms with Gasteiger partial charge in [-0.25, -0.2) is 4.18 Å². The molecule has 114 valence electrons. The second kappa shape index (κ2) is 5.98. The van der Waals surface area contributed by atoms with Crippen LogP contribution in [0.1, 0.15) is 17.0 Å². The van der Waals surface area contributed by atoms with Crippen LogP contribution in [0, 0.1) is 0 Å². The van der Waals surface area contributed by atoms with Crippen molar-refractivity contribution in [3.8, 4) is 0 Å². The van der Waals surface area contributed by atoms with Crippen LogP contribution in [0.4, 0.5) is 5.69 Å². The maximum atomic E-state index is 10.6. The van der Waals surface area contributed by atoms with E-state index in [1.165, 1.54) is 0 Å². The highest BCUT2D eigenvalue weighted by molar-refractivity contribution is 7.80. The molecular weight excluding hydrogens is 318 g/mol. The van der Waals surface area contributed by atoms with E-state index in [0.29, 0.717) is 5.69 Å². The molecular formula is C12H12NO6S2-. The molecule has 21 heavy (non-hydrogen) atoms. The normalized spacial score (nSPS) is 16.0. The smallest absolute Gasteiger partial charge is 0.397 e. The first-order valence-corrected chi connectivity index (χ1v) is 7.85. The van der Waals surface area contributed by atoms with Gasteiger partial charge in [-0.1, -0.05) is 29.8 Å². The molecule has 7 nitrogen and oxygen atoms in total. The van der Waals surface area contributed by atoms with Gasteiger partial charge in [-0.2, -0.15) is 8.42 Å². The van der Waals surface area contributed by atoms with E-state index in [0.717, 1.165) is 21.9 Å². The molecule has 1 atom stereocenters. The van der Waals surface area contributed by atoms with Gasteiger partial charge in [-0.05, 0) is 34.0 Å². The molecule has 0 saturated heterocycles. The Morgan fingerprint density at radius 2 is 1.90 bits per heavy atom. The van der Waals surface area contributed by atoms with Crippen LogP contribution in [-0.2, 0) is 34.6 Å². The maximum absolute atomic E-state index is 10.6. The lowest BCUT2D eigenvalue weighted by atomic mass is 9.77. The van der Waals surface area contributed by atoms with Crippen molar-refractivity contribution in [2.24, 2.45) is 0 Å². The first kappa shape index (κ1) is 15.7. The van der Waals surface area contributed by atoms with Crippen molar-refractivity contribution in [2.75, 3.05) is 12.3 Å². The minimum Gasteiger partial charge on any atom is -0.427 e. The van der Waals surface area contributed by atoms with Crippen molar-refractivity contribution in [1.29, 1.82) is 0 Å². The van der Waals surface area contributed by atoms with Crippen LogP contribution in [0.15, 0.2) is 30.3 Å². The second-order valence-corrected chi connectivity index (χ2v) is 5.67. The summed E-state index contributed by atoms with van der Waals surface area (Å²) in [7, 11) is -4.38. The fourth-order valence-corrected chi connectivity index (χ4v) is 2.66. The van der Waals surface area contributed by atoms with Crippen LogP contribution in [-0.4, -0.2) is 19.6 Å². The molecule has 1 unspecified atom stereocenters. The number of nitrogen functional groups attached to an aromatic ring is 1. The van der Waals surface area contributed by atoms with E-state index in [-0.39, 0.29) is 12.5 Å². The lowest BCUT2D eigenvalue weighted by molar-refractivity contribution is 0.257. The molecule has 2 bridgehead atoms. The Morgan fingerprint density at radius 3 is 2.52 bits per heavy atom. The second-order valence-electron chi connectivity index (χ2n) is 4.43. The lowest BCUT2D eigenvalue weighted by Crippen LogP contribution is -2.20. The zero-order valence-corrected chi connectivity index (χ0v) is 12.3. The van der Waals surface area contributed by atoms with Gasteiger partial charge in [-0.15, -0.1) is 0 Å². The van der Waals surface area contributed by atoms with Crippen molar-refractivity contribution in [1.82, 2.24) is 0 Å². The number of benzene rings is 2. The fraction of sp³-hybridized carbons (Fsp3) is 0.167. The van der Waals surface area contributed by atoms with Crippen LogP contribution in [0.2, 0.25) is 0 Å². The van der Waals surface area contributed by atoms with Gasteiger partial charge in [0.15, 0.2) is 0 Å². The number of anilines is 1. The van der Waals surface area contributed by atoms with Crippen molar-refractivity contribution < 1.29 is 25.6 Å². The van der Waals surface area contributed by atoms with Gasteiger partial charge in [0.2, 0.25) is 0 Å². The van der Waals surface area contributed by atoms with E-state index >= 15 is 0 Å². The Bertz CT molecular complexity index is 827. The monoisotopic (exact) mass is 330 g/mol. The third-order valence-electron chi connectivity index (χ3n) is 3.19. The molecule has 0 spiro atoms. The summed E-state index contributed by atoms with van der Waals surface area (Å²) in [6.07, 6.45) is 0. The molecule has 2 aromatic carbocycles. The average molecular weight is 330 g/mol. The molecule has 2 aromatic rings. The number of thiol groups is 1. The Labute approximate surface area is 124 Å². The SMILES string of the molecule is Nc1ccc2c3cc(cc2c1)C3COS(=O)(=O)O.O=[SH-]=O. The number of hydrogen-bond acceptors (Lipinski definition) is 7. The molecule has 2 aliphatic carbocycles. The third-order valence-corrected chi connectivity index (χ3v) is 3.63.